The van der Waals surface area contributed by atoms with Crippen LogP contribution in [0, 0.1) is 5.92 Å². The van der Waals surface area contributed by atoms with E-state index in [9.17, 15) is 8.42 Å². The van der Waals surface area contributed by atoms with E-state index in [1.807, 2.05) is 6.34 Å². The van der Waals surface area contributed by atoms with Gasteiger partial charge in [0.1, 0.15) is 6.54 Å². The third kappa shape index (κ3) is 5.04. The van der Waals surface area contributed by atoms with Gasteiger partial charge in [0.15, 0.2) is 6.34 Å². The van der Waals surface area contributed by atoms with E-state index in [0.717, 1.165) is 36.8 Å². The van der Waals surface area contributed by atoms with Crippen molar-refractivity contribution in [2.75, 3.05) is 18.8 Å². The molecule has 1 aliphatic heterocycles. The lowest BCUT2D eigenvalue weighted by Crippen LogP contribution is -2.59. The van der Waals surface area contributed by atoms with E-state index in [1.54, 1.807) is 0 Å². The molecule has 0 bridgehead atoms. The van der Waals surface area contributed by atoms with Crippen molar-refractivity contribution in [3.8, 4) is 0 Å². The summed E-state index contributed by atoms with van der Waals surface area (Å²) < 4.78 is 31.8. The lowest BCUT2D eigenvalue weighted by Gasteiger charge is -2.43. The van der Waals surface area contributed by atoms with Crippen LogP contribution in [0.5, 0.6) is 0 Å². The fourth-order valence-electron chi connectivity index (χ4n) is 3.36. The summed E-state index contributed by atoms with van der Waals surface area (Å²) in [7, 11) is -3.89. The van der Waals surface area contributed by atoms with Gasteiger partial charge in [-0.05, 0) is 19.3 Å². The van der Waals surface area contributed by atoms with Crippen molar-refractivity contribution < 1.29 is 17.5 Å². The van der Waals surface area contributed by atoms with Crippen LogP contribution >= 0.6 is 0 Å². The lowest BCUT2D eigenvalue weighted by atomic mass is 9.93. The van der Waals surface area contributed by atoms with Crippen molar-refractivity contribution in [3.05, 3.63) is 0 Å². The second-order valence-corrected chi connectivity index (χ2v) is 8.05. The summed E-state index contributed by atoms with van der Waals surface area (Å²) in [5.41, 5.74) is 0. The Bertz CT molecular complexity index is 450. The molecule has 0 aromatic heterocycles. The summed E-state index contributed by atoms with van der Waals surface area (Å²) in [5, 5.41) is 0. The molecular formula is C15H31N2O3S+. The summed E-state index contributed by atoms with van der Waals surface area (Å²) in [6, 6.07) is 0.634. The van der Waals surface area contributed by atoms with Crippen molar-refractivity contribution in [1.82, 2.24) is 0 Å². The average Bonchev–Trinajstić information content (AvgIpc) is 2.91. The molecule has 0 spiro atoms. The SMILES string of the molecule is CCC(C)CC(CC)[N+]1(C(C)CCS(=O)(=O)O)C=NCC1. The third-order valence-corrected chi connectivity index (χ3v) is 5.80. The zero-order chi connectivity index (χ0) is 16.1. The highest BCUT2D eigenvalue weighted by Crippen LogP contribution is 2.30. The average molecular weight is 319 g/mol. The number of nitrogens with zero attached hydrogens (tertiary/aromatic N) is 2. The van der Waals surface area contributed by atoms with E-state index in [4.69, 9.17) is 4.55 Å². The first kappa shape index (κ1) is 18.6. The Balaban J connectivity index is 2.88. The summed E-state index contributed by atoms with van der Waals surface area (Å²) in [6.07, 6.45) is 5.86. The first-order valence-electron chi connectivity index (χ1n) is 8.08. The van der Waals surface area contributed by atoms with Crippen LogP contribution in [0.25, 0.3) is 0 Å². The van der Waals surface area contributed by atoms with Gasteiger partial charge in [-0.3, -0.25) is 9.04 Å². The summed E-state index contributed by atoms with van der Waals surface area (Å²) in [6.45, 7) is 10.5. The molecule has 5 nitrogen and oxygen atoms in total. The third-order valence-electron chi connectivity index (χ3n) is 5.05. The van der Waals surface area contributed by atoms with Crippen molar-refractivity contribution >= 4 is 16.5 Å². The maximum absolute atomic E-state index is 11.0. The quantitative estimate of drug-likeness (QED) is 0.525. The van der Waals surface area contributed by atoms with E-state index in [-0.39, 0.29) is 11.8 Å². The molecule has 1 rings (SSSR count). The Morgan fingerprint density at radius 3 is 2.38 bits per heavy atom. The number of hydrogen-bond donors (Lipinski definition) is 1. The minimum Gasteiger partial charge on any atom is -0.286 e. The van der Waals surface area contributed by atoms with Crippen LogP contribution in [0.4, 0.5) is 0 Å². The number of aliphatic imine (C=N–C) groups is 1. The largest absolute Gasteiger partial charge is 0.286 e. The van der Waals surface area contributed by atoms with E-state index >= 15 is 0 Å². The van der Waals surface area contributed by atoms with Crippen molar-refractivity contribution in [1.29, 1.82) is 0 Å². The fourth-order valence-corrected chi connectivity index (χ4v) is 4.00. The topological polar surface area (TPSA) is 66.7 Å². The highest BCUT2D eigenvalue weighted by molar-refractivity contribution is 7.85. The second kappa shape index (κ2) is 7.70. The molecule has 0 aromatic rings. The Morgan fingerprint density at radius 2 is 1.95 bits per heavy atom. The Morgan fingerprint density at radius 1 is 1.29 bits per heavy atom. The van der Waals surface area contributed by atoms with Gasteiger partial charge in [0.05, 0.1) is 24.4 Å². The number of hydrogen-bond acceptors (Lipinski definition) is 3. The normalized spacial score (nSPS) is 26.7. The highest BCUT2D eigenvalue weighted by atomic mass is 32.2. The van der Waals surface area contributed by atoms with Gasteiger partial charge < -0.3 is 0 Å². The molecule has 124 valence electrons. The monoisotopic (exact) mass is 319 g/mol. The molecule has 0 fully saturated rings. The van der Waals surface area contributed by atoms with E-state index in [2.05, 4.69) is 32.7 Å². The van der Waals surface area contributed by atoms with Crippen molar-refractivity contribution in [2.24, 2.45) is 10.9 Å². The lowest BCUT2D eigenvalue weighted by molar-refractivity contribution is -0.879. The van der Waals surface area contributed by atoms with Gasteiger partial charge in [0.25, 0.3) is 10.1 Å². The summed E-state index contributed by atoms with van der Waals surface area (Å²) >= 11 is 0. The summed E-state index contributed by atoms with van der Waals surface area (Å²) in [4.78, 5) is 4.44. The van der Waals surface area contributed by atoms with Gasteiger partial charge in [-0.1, -0.05) is 27.2 Å². The van der Waals surface area contributed by atoms with Crippen molar-refractivity contribution in [2.45, 2.75) is 65.5 Å². The van der Waals surface area contributed by atoms with E-state index < -0.39 is 10.1 Å². The molecule has 0 amide bonds. The maximum atomic E-state index is 11.0. The van der Waals surface area contributed by atoms with Crippen LogP contribution in [-0.2, 0) is 10.1 Å². The molecule has 1 aliphatic rings. The van der Waals surface area contributed by atoms with Crippen molar-refractivity contribution in [3.63, 3.8) is 0 Å². The van der Waals surface area contributed by atoms with Gasteiger partial charge in [0.2, 0.25) is 0 Å². The molecule has 0 aliphatic carbocycles. The molecule has 0 saturated heterocycles. The molecule has 0 saturated carbocycles. The molecule has 0 aromatic carbocycles. The van der Waals surface area contributed by atoms with Gasteiger partial charge in [-0.15, -0.1) is 0 Å². The number of rotatable bonds is 9. The van der Waals surface area contributed by atoms with Crippen LogP contribution < -0.4 is 0 Å². The minimum atomic E-state index is -3.89. The van der Waals surface area contributed by atoms with E-state index in [0.29, 0.717) is 18.4 Å². The van der Waals surface area contributed by atoms with Crippen LogP contribution in [0.1, 0.15) is 53.4 Å². The predicted molar refractivity (Wildman–Crippen MR) is 87.1 cm³/mol. The standard InChI is InChI=1S/C15H30N2O3S/c1-5-13(3)11-15(6-2)17(9-8-16-12-17)14(4)7-10-21(18,19)20/h12-15H,5-11H2,1-4H3/p+1. The Kier molecular flexibility index (Phi) is 6.81. The minimum absolute atomic E-state index is 0.159. The molecule has 4 atom stereocenters. The molecule has 6 heteroatoms. The number of quaternary nitrogens is 1. The van der Waals surface area contributed by atoms with Gasteiger partial charge in [-0.25, -0.2) is 4.99 Å². The summed E-state index contributed by atoms with van der Waals surface area (Å²) in [5.74, 6) is 0.495. The highest BCUT2D eigenvalue weighted by Gasteiger charge is 2.42. The molecular weight excluding hydrogens is 288 g/mol. The molecule has 0 radical (unpaired) electrons. The van der Waals surface area contributed by atoms with Gasteiger partial charge in [0, 0.05) is 12.8 Å². The Labute approximate surface area is 129 Å². The van der Waals surface area contributed by atoms with Gasteiger partial charge >= 0.3 is 0 Å². The fraction of sp³-hybridized carbons (Fsp3) is 0.933. The zero-order valence-electron chi connectivity index (χ0n) is 13.8. The maximum Gasteiger partial charge on any atom is 0.265 e. The van der Waals surface area contributed by atoms with Gasteiger partial charge in [-0.2, -0.15) is 8.42 Å². The second-order valence-electron chi connectivity index (χ2n) is 6.48. The van der Waals surface area contributed by atoms with E-state index in [1.165, 1.54) is 0 Å². The molecule has 1 N–H and O–H groups in total. The first-order valence-corrected chi connectivity index (χ1v) is 9.69. The van der Waals surface area contributed by atoms with Crippen LogP contribution in [-0.4, -0.2) is 54.7 Å². The zero-order valence-corrected chi connectivity index (χ0v) is 14.6. The Hall–Kier alpha value is -0.460. The predicted octanol–water partition coefficient (Wildman–Crippen LogP) is 2.73. The van der Waals surface area contributed by atoms with Crippen LogP contribution in [0.3, 0.4) is 0 Å². The molecule has 21 heavy (non-hydrogen) atoms. The molecule has 1 heterocycles. The van der Waals surface area contributed by atoms with Crippen LogP contribution in [0.2, 0.25) is 0 Å². The smallest absolute Gasteiger partial charge is 0.265 e. The van der Waals surface area contributed by atoms with Crippen LogP contribution in [0.15, 0.2) is 4.99 Å². The first-order chi connectivity index (χ1) is 9.75. The molecule has 4 unspecified atom stereocenters.